The Bertz CT molecular complexity index is 254. The lowest BCUT2D eigenvalue weighted by atomic mass is 9.98. The zero-order valence-electron chi connectivity index (χ0n) is 9.48. The van der Waals surface area contributed by atoms with Gasteiger partial charge < -0.3 is 10.4 Å². The topological polar surface area (TPSA) is 76.4 Å². The monoisotopic (exact) mass is 225 g/mol. The van der Waals surface area contributed by atoms with Crippen molar-refractivity contribution in [1.82, 2.24) is 10.2 Å². The Morgan fingerprint density at radius 1 is 1.50 bits per heavy atom. The van der Waals surface area contributed by atoms with Gasteiger partial charge in [-0.15, -0.1) is 0 Å². The smallest absolute Gasteiger partial charge is 0.234 e. The van der Waals surface area contributed by atoms with E-state index in [1.54, 1.807) is 0 Å². The lowest BCUT2D eigenvalue weighted by molar-refractivity contribution is -0.122. The first-order valence-electron chi connectivity index (χ1n) is 5.73. The molecule has 0 saturated carbocycles. The molecule has 1 saturated heterocycles. The third kappa shape index (κ3) is 4.60. The number of rotatable bonds is 5. The molecule has 1 aliphatic heterocycles. The number of hydrogen-bond acceptors (Lipinski definition) is 4. The third-order valence-corrected chi connectivity index (χ3v) is 2.89. The summed E-state index contributed by atoms with van der Waals surface area (Å²) in [6, 6.07) is 1.98. The standard InChI is InChI=1S/C11H19N3O2/c12-4-1-5-13-11(16)8-14-6-2-10(9-15)3-7-14/h10,15H,1-3,5-9H2,(H,13,16). The van der Waals surface area contributed by atoms with Crippen molar-refractivity contribution in [2.75, 3.05) is 32.8 Å². The van der Waals surface area contributed by atoms with Gasteiger partial charge in [-0.2, -0.15) is 5.26 Å². The maximum Gasteiger partial charge on any atom is 0.234 e. The van der Waals surface area contributed by atoms with Crippen LogP contribution in [0.15, 0.2) is 0 Å². The fraction of sp³-hybridized carbons (Fsp3) is 0.818. The average Bonchev–Trinajstić information content (AvgIpc) is 2.30. The number of amides is 1. The molecule has 16 heavy (non-hydrogen) atoms. The highest BCUT2D eigenvalue weighted by Gasteiger charge is 2.19. The van der Waals surface area contributed by atoms with E-state index in [1.807, 2.05) is 6.07 Å². The van der Waals surface area contributed by atoms with Gasteiger partial charge in [0.05, 0.1) is 19.0 Å². The minimum absolute atomic E-state index is 0.0160. The Morgan fingerprint density at radius 2 is 2.19 bits per heavy atom. The highest BCUT2D eigenvalue weighted by molar-refractivity contribution is 5.78. The Morgan fingerprint density at radius 3 is 2.75 bits per heavy atom. The van der Waals surface area contributed by atoms with Crippen LogP contribution in [0.3, 0.4) is 0 Å². The van der Waals surface area contributed by atoms with Crippen molar-refractivity contribution >= 4 is 5.91 Å². The summed E-state index contributed by atoms with van der Waals surface area (Å²) < 4.78 is 0. The molecule has 0 aliphatic carbocycles. The van der Waals surface area contributed by atoms with Crippen molar-refractivity contribution in [3.05, 3.63) is 0 Å². The molecule has 5 heteroatoms. The van der Waals surface area contributed by atoms with Crippen molar-refractivity contribution < 1.29 is 9.90 Å². The number of nitrogens with one attached hydrogen (secondary N) is 1. The summed E-state index contributed by atoms with van der Waals surface area (Å²) in [5.41, 5.74) is 0. The average molecular weight is 225 g/mol. The molecule has 5 nitrogen and oxygen atoms in total. The second kappa shape index (κ2) is 7.20. The van der Waals surface area contributed by atoms with Crippen molar-refractivity contribution in [3.8, 4) is 6.07 Å². The largest absolute Gasteiger partial charge is 0.396 e. The van der Waals surface area contributed by atoms with Crippen LogP contribution in [0.5, 0.6) is 0 Å². The molecule has 0 aromatic carbocycles. The lowest BCUT2D eigenvalue weighted by Crippen LogP contribution is -2.42. The van der Waals surface area contributed by atoms with Crippen LogP contribution in [-0.4, -0.2) is 48.7 Å². The maximum absolute atomic E-state index is 11.4. The molecule has 0 atom stereocenters. The highest BCUT2D eigenvalue weighted by atomic mass is 16.3. The van der Waals surface area contributed by atoms with E-state index in [0.717, 1.165) is 25.9 Å². The van der Waals surface area contributed by atoms with Gasteiger partial charge in [0.2, 0.25) is 5.91 Å². The van der Waals surface area contributed by atoms with Crippen LogP contribution >= 0.6 is 0 Å². The number of aliphatic hydroxyl groups is 1. The quantitative estimate of drug-likeness (QED) is 0.631. The number of hydrogen-bond donors (Lipinski definition) is 2. The molecule has 2 N–H and O–H groups in total. The number of carbonyl (C=O) groups excluding carboxylic acids is 1. The van der Waals surface area contributed by atoms with E-state index in [1.165, 1.54) is 0 Å². The fourth-order valence-electron chi connectivity index (χ4n) is 1.84. The summed E-state index contributed by atoms with van der Waals surface area (Å²) in [5.74, 6) is 0.385. The Hall–Kier alpha value is -1.12. The summed E-state index contributed by atoms with van der Waals surface area (Å²) >= 11 is 0. The van der Waals surface area contributed by atoms with Crippen molar-refractivity contribution in [2.24, 2.45) is 5.92 Å². The van der Waals surface area contributed by atoms with Crippen LogP contribution in [-0.2, 0) is 4.79 Å². The van der Waals surface area contributed by atoms with Crippen LogP contribution in [0.1, 0.15) is 19.3 Å². The highest BCUT2D eigenvalue weighted by Crippen LogP contribution is 2.15. The SMILES string of the molecule is N#CCCNC(=O)CN1CCC(CO)CC1. The molecular formula is C11H19N3O2. The zero-order valence-corrected chi connectivity index (χ0v) is 9.48. The predicted octanol–water partition coefficient (Wildman–Crippen LogP) is -0.279. The van der Waals surface area contributed by atoms with Crippen LogP contribution < -0.4 is 5.32 Å². The molecule has 1 fully saturated rings. The third-order valence-electron chi connectivity index (χ3n) is 2.89. The molecule has 0 bridgehead atoms. The zero-order chi connectivity index (χ0) is 11.8. The molecule has 1 rings (SSSR count). The molecular weight excluding hydrogens is 206 g/mol. The first-order chi connectivity index (χ1) is 7.76. The van der Waals surface area contributed by atoms with Gasteiger partial charge in [-0.3, -0.25) is 9.69 Å². The Balaban J connectivity index is 2.13. The van der Waals surface area contributed by atoms with Gasteiger partial charge in [0.15, 0.2) is 0 Å². The van der Waals surface area contributed by atoms with Crippen LogP contribution in [0.4, 0.5) is 0 Å². The van der Waals surface area contributed by atoms with E-state index in [-0.39, 0.29) is 12.5 Å². The van der Waals surface area contributed by atoms with Gasteiger partial charge >= 0.3 is 0 Å². The number of carbonyl (C=O) groups is 1. The van der Waals surface area contributed by atoms with Gasteiger partial charge in [-0.1, -0.05) is 0 Å². The molecule has 90 valence electrons. The fourth-order valence-corrected chi connectivity index (χ4v) is 1.84. The van der Waals surface area contributed by atoms with Gasteiger partial charge in [0.25, 0.3) is 0 Å². The lowest BCUT2D eigenvalue weighted by Gasteiger charge is -2.30. The molecule has 0 unspecified atom stereocenters. The number of nitrogens with zero attached hydrogens (tertiary/aromatic N) is 2. The molecule has 0 aromatic rings. The molecule has 1 aliphatic rings. The van der Waals surface area contributed by atoms with Gasteiger partial charge in [0, 0.05) is 13.2 Å². The summed E-state index contributed by atoms with van der Waals surface area (Å²) in [6.45, 7) is 2.84. The summed E-state index contributed by atoms with van der Waals surface area (Å²) in [6.07, 6.45) is 2.28. The van der Waals surface area contributed by atoms with E-state index in [9.17, 15) is 4.79 Å². The Kier molecular flexibility index (Phi) is 5.83. The molecule has 1 amide bonds. The van der Waals surface area contributed by atoms with Crippen LogP contribution in [0, 0.1) is 17.2 Å². The summed E-state index contributed by atoms with van der Waals surface area (Å²) in [4.78, 5) is 13.5. The van der Waals surface area contributed by atoms with Gasteiger partial charge in [0.1, 0.15) is 0 Å². The van der Waals surface area contributed by atoms with Crippen molar-refractivity contribution in [2.45, 2.75) is 19.3 Å². The molecule has 1 heterocycles. The normalized spacial score (nSPS) is 18.0. The predicted molar refractivity (Wildman–Crippen MR) is 59.5 cm³/mol. The second-order valence-corrected chi connectivity index (χ2v) is 4.16. The summed E-state index contributed by atoms with van der Waals surface area (Å²) in [7, 11) is 0. The van der Waals surface area contributed by atoms with Gasteiger partial charge in [-0.25, -0.2) is 0 Å². The maximum atomic E-state index is 11.4. The number of aliphatic hydroxyl groups excluding tert-OH is 1. The molecule has 0 aromatic heterocycles. The van der Waals surface area contributed by atoms with E-state index >= 15 is 0 Å². The van der Waals surface area contributed by atoms with Crippen LogP contribution in [0.25, 0.3) is 0 Å². The van der Waals surface area contributed by atoms with Gasteiger partial charge in [-0.05, 0) is 31.8 Å². The first kappa shape index (κ1) is 12.9. The van der Waals surface area contributed by atoms with Crippen molar-refractivity contribution in [3.63, 3.8) is 0 Å². The minimum atomic E-state index is -0.0160. The minimum Gasteiger partial charge on any atom is -0.396 e. The van der Waals surface area contributed by atoms with E-state index in [0.29, 0.717) is 25.4 Å². The number of nitriles is 1. The summed E-state index contributed by atoms with van der Waals surface area (Å²) in [5, 5.41) is 20.0. The number of likely N-dealkylation sites (tertiary alicyclic amines) is 1. The van der Waals surface area contributed by atoms with E-state index in [4.69, 9.17) is 10.4 Å². The number of piperidine rings is 1. The molecule has 0 radical (unpaired) electrons. The second-order valence-electron chi connectivity index (χ2n) is 4.16. The molecule has 0 spiro atoms. The van der Waals surface area contributed by atoms with Crippen molar-refractivity contribution in [1.29, 1.82) is 5.26 Å². The van der Waals surface area contributed by atoms with E-state index < -0.39 is 0 Å². The Labute approximate surface area is 96.0 Å². The first-order valence-corrected chi connectivity index (χ1v) is 5.73. The van der Waals surface area contributed by atoms with E-state index in [2.05, 4.69) is 10.2 Å². The van der Waals surface area contributed by atoms with Crippen LogP contribution in [0.2, 0.25) is 0 Å².